The molecular weight excluding hydrogens is 1280 g/mol. The quantitative estimate of drug-likeness (QED) is 0.00493. The van der Waals surface area contributed by atoms with Gasteiger partial charge < -0.3 is 56.0 Å². The molecule has 24 nitrogen and oxygen atoms in total. The van der Waals surface area contributed by atoms with Gasteiger partial charge >= 0.3 is 12.2 Å². The normalized spacial score (nSPS) is 12.5. The Kier molecular flexibility index (Phi) is 29.3. The number of azide groups is 1. The largest absolute Gasteiger partial charge is 0.497 e. The van der Waals surface area contributed by atoms with Gasteiger partial charge in [0.25, 0.3) is 10.0 Å². The number of nitrogens with two attached hydrogens (primary N) is 1. The predicted molar refractivity (Wildman–Crippen MR) is 355 cm³/mol. The van der Waals surface area contributed by atoms with Gasteiger partial charge in [-0.2, -0.15) is 11.8 Å². The second-order valence-corrected chi connectivity index (χ2v) is 24.7. The molecule has 6 amide bonds. The van der Waals surface area contributed by atoms with Crippen LogP contribution in [0.15, 0.2) is 148 Å². The van der Waals surface area contributed by atoms with Crippen LogP contribution in [0.3, 0.4) is 0 Å². The van der Waals surface area contributed by atoms with Gasteiger partial charge in [0, 0.05) is 51.5 Å². The number of guanidine groups is 1. The van der Waals surface area contributed by atoms with Crippen molar-refractivity contribution in [1.82, 2.24) is 31.3 Å². The van der Waals surface area contributed by atoms with Gasteiger partial charge in [-0.3, -0.25) is 24.2 Å². The molecule has 0 aliphatic rings. The summed E-state index contributed by atoms with van der Waals surface area (Å²) < 4.78 is 56.8. The number of amides is 6. The zero-order valence-corrected chi connectivity index (χ0v) is 55.1. The van der Waals surface area contributed by atoms with Gasteiger partial charge in [0.05, 0.1) is 25.2 Å². The van der Waals surface area contributed by atoms with E-state index in [4.69, 9.17) is 52.6 Å². The first-order valence-electron chi connectivity index (χ1n) is 29.4. The monoisotopic (exact) mass is 1350 g/mol. The number of alkyl carbamates (subject to hydrolysis) is 2. The summed E-state index contributed by atoms with van der Waals surface area (Å²) in [5.74, 6) is -2.12. The van der Waals surface area contributed by atoms with Crippen molar-refractivity contribution < 1.29 is 60.9 Å². The standard InChI is InChI=1S/C65H75Cl2N11O13S2/c1-41-33-42(2)58(43(3)34-41)93(85,86)77-63(68)70-32-12-18-54(59(79)73-55(62(82)76-78-69)17-9-10-31-71-64(83)90-36-45-13-7-6-8-14-45)72-60(80)56(35-44-19-29-50(30-20-44)89-38-51-52(66)15-11-16-53(51)67)74-61(81)57(40-92-39-47-23-27-49(88-5)28-24-47)75-65(84)91-37-46-21-25-48(87-4)26-22-46/h6-8,11,13-16,19-30,33-34,54-57H,9-10,12,17-18,31-32,35-40H2,1-5H3,(H,71,83)(H,72,80)(H,73,79)(H,74,81)(H,75,84)(H3,68,70,77)/t54-,55-,56-,57-/m0/s1. The molecule has 0 saturated carbocycles. The molecule has 0 aromatic heterocycles. The summed E-state index contributed by atoms with van der Waals surface area (Å²) in [6, 6.07) is 32.5. The third kappa shape index (κ3) is 24.4. The molecule has 0 spiro atoms. The van der Waals surface area contributed by atoms with Crippen LogP contribution in [0, 0.1) is 20.8 Å². The Labute approximate surface area is 554 Å². The van der Waals surface area contributed by atoms with Crippen molar-refractivity contribution in [3.8, 4) is 17.2 Å². The first-order chi connectivity index (χ1) is 44.6. The Bertz CT molecular complexity index is 3660. The number of halogens is 2. The Morgan fingerprint density at radius 3 is 1.77 bits per heavy atom. The molecule has 8 N–H and O–H groups in total. The molecule has 93 heavy (non-hydrogen) atoms. The van der Waals surface area contributed by atoms with Crippen LogP contribution in [-0.4, -0.2) is 107 Å². The molecule has 0 aliphatic heterocycles. The number of rotatable bonds is 34. The Balaban J connectivity index is 1.27. The number of thioether (sulfide) groups is 1. The molecule has 494 valence electrons. The van der Waals surface area contributed by atoms with Crippen LogP contribution in [0.2, 0.25) is 10.0 Å². The van der Waals surface area contributed by atoms with E-state index in [9.17, 15) is 37.9 Å². The number of methoxy groups -OCH3 is 2. The van der Waals surface area contributed by atoms with E-state index < -0.39 is 76.0 Å². The molecule has 4 atom stereocenters. The smallest absolute Gasteiger partial charge is 0.408 e. The van der Waals surface area contributed by atoms with Crippen LogP contribution < -0.4 is 51.3 Å². The Morgan fingerprint density at radius 1 is 0.613 bits per heavy atom. The molecular formula is C65H75Cl2N11O13S2. The van der Waals surface area contributed by atoms with Crippen LogP contribution in [0.1, 0.15) is 76.6 Å². The third-order valence-electron chi connectivity index (χ3n) is 14.1. The highest BCUT2D eigenvalue weighted by Crippen LogP contribution is 2.27. The van der Waals surface area contributed by atoms with Gasteiger partial charge in [0.2, 0.25) is 29.6 Å². The SMILES string of the molecule is COc1ccc(COC(=O)N[C@@H](CSCc2ccc(OC)cc2)C(=O)N[C@@H](Cc2ccc(OCc3c(Cl)cccc3Cl)cc2)C(=O)N[C@@H](CCCN=C(N)NS(=O)(=O)c2c(C)cc(C)cc2C)C(=O)N[C@@H](CCCCNC(=O)OCc2ccccc2)C(=O)N=[N+]=[N-])cc1. The molecule has 28 heteroatoms. The van der Waals surface area contributed by atoms with Crippen LogP contribution in [0.5, 0.6) is 17.2 Å². The number of nitrogens with one attached hydrogen (secondary N) is 6. The molecule has 0 bridgehead atoms. The average Bonchev–Trinajstić information content (AvgIpc) is 0.822. The van der Waals surface area contributed by atoms with Crippen LogP contribution >= 0.6 is 35.0 Å². The molecule has 0 aliphatic carbocycles. The van der Waals surface area contributed by atoms with Gasteiger partial charge in [-0.15, -0.1) is 0 Å². The minimum Gasteiger partial charge on any atom is -0.497 e. The number of nitrogens with zero attached hydrogens (tertiary/aromatic N) is 4. The van der Waals surface area contributed by atoms with Crippen LogP contribution in [0.25, 0.3) is 10.4 Å². The third-order valence-corrected chi connectivity index (χ3v) is 17.6. The summed E-state index contributed by atoms with van der Waals surface area (Å²) >= 11 is 14.1. The lowest BCUT2D eigenvalue weighted by atomic mass is 10.0. The highest BCUT2D eigenvalue weighted by atomic mass is 35.5. The lowest BCUT2D eigenvalue weighted by Crippen LogP contribution is -2.58. The maximum atomic E-state index is 15.1. The second-order valence-electron chi connectivity index (χ2n) is 21.3. The number of sulfonamides is 1. The fourth-order valence-corrected chi connectivity index (χ4v) is 12.4. The molecule has 6 aromatic rings. The van der Waals surface area contributed by atoms with Crippen molar-refractivity contribution >= 4 is 86.8 Å². The van der Waals surface area contributed by atoms with E-state index in [1.165, 1.54) is 18.9 Å². The number of benzene rings is 6. The van der Waals surface area contributed by atoms with E-state index in [0.717, 1.165) is 16.7 Å². The summed E-state index contributed by atoms with van der Waals surface area (Å²) in [6.07, 6.45) is -1.65. The number of carbonyl (C=O) groups excluding carboxylic acids is 6. The van der Waals surface area contributed by atoms with Crippen molar-refractivity contribution in [1.29, 1.82) is 0 Å². The summed E-state index contributed by atoms with van der Waals surface area (Å²) in [5.41, 5.74) is 20.6. The van der Waals surface area contributed by atoms with Gasteiger partial charge in [-0.05, 0) is 145 Å². The van der Waals surface area contributed by atoms with Gasteiger partial charge in [0.1, 0.15) is 55.2 Å². The zero-order chi connectivity index (χ0) is 67.3. The molecule has 0 radical (unpaired) electrons. The first-order valence-corrected chi connectivity index (χ1v) is 32.8. The maximum Gasteiger partial charge on any atom is 0.408 e. The Hall–Kier alpha value is -9.20. The number of aryl methyl sites for hydroxylation is 3. The lowest BCUT2D eigenvalue weighted by molar-refractivity contribution is -0.133. The molecule has 0 saturated heterocycles. The maximum absolute atomic E-state index is 15.1. The predicted octanol–water partition coefficient (Wildman–Crippen LogP) is 9.75. The highest BCUT2D eigenvalue weighted by molar-refractivity contribution is 7.98. The zero-order valence-electron chi connectivity index (χ0n) is 51.9. The van der Waals surface area contributed by atoms with E-state index in [-0.39, 0.29) is 75.7 Å². The Morgan fingerprint density at radius 2 is 1.15 bits per heavy atom. The van der Waals surface area contributed by atoms with Crippen LogP contribution in [-0.2, 0) is 70.7 Å². The van der Waals surface area contributed by atoms with Crippen molar-refractivity contribution in [3.05, 3.63) is 198 Å². The summed E-state index contributed by atoms with van der Waals surface area (Å²) in [4.78, 5) is 90.7. The molecule has 6 rings (SSSR count). The summed E-state index contributed by atoms with van der Waals surface area (Å²) in [5, 5.41) is 17.5. The minimum atomic E-state index is -4.20. The van der Waals surface area contributed by atoms with Gasteiger partial charge in [-0.1, -0.05) is 114 Å². The van der Waals surface area contributed by atoms with Crippen molar-refractivity contribution in [2.24, 2.45) is 15.8 Å². The lowest BCUT2D eigenvalue weighted by Gasteiger charge is -2.26. The molecule has 6 aromatic carbocycles. The molecule has 0 unspecified atom stereocenters. The van der Waals surface area contributed by atoms with E-state index in [2.05, 4.69) is 46.3 Å². The highest BCUT2D eigenvalue weighted by Gasteiger charge is 2.32. The second kappa shape index (κ2) is 37.3. The fourth-order valence-electron chi connectivity index (χ4n) is 9.45. The van der Waals surface area contributed by atoms with Crippen LogP contribution in [0.4, 0.5) is 9.59 Å². The first kappa shape index (κ1) is 72.9. The van der Waals surface area contributed by atoms with E-state index >= 15 is 4.79 Å². The number of carbonyl (C=O) groups is 6. The number of ether oxygens (including phenoxy) is 5. The number of hydrogen-bond donors (Lipinski definition) is 7. The van der Waals surface area contributed by atoms with Crippen molar-refractivity contribution in [2.75, 3.05) is 33.1 Å². The number of hydrogen-bond acceptors (Lipinski definition) is 15. The van der Waals surface area contributed by atoms with Gasteiger partial charge in [-0.25, -0.2) is 22.7 Å². The minimum absolute atomic E-state index is 0.0185. The van der Waals surface area contributed by atoms with Crippen molar-refractivity contribution in [2.45, 2.75) is 114 Å². The van der Waals surface area contributed by atoms with E-state index in [1.54, 1.807) is 124 Å². The van der Waals surface area contributed by atoms with Crippen molar-refractivity contribution in [3.63, 3.8) is 0 Å². The fraction of sp³-hybridized carbons (Fsp3) is 0.338. The number of unbranched alkanes of at least 4 members (excludes halogenated alkanes) is 1. The topological polar surface area (TPSA) is 342 Å². The summed E-state index contributed by atoms with van der Waals surface area (Å²) in [6.45, 7) is 4.97. The van der Waals surface area contributed by atoms with E-state index in [0.29, 0.717) is 67.3 Å². The van der Waals surface area contributed by atoms with E-state index in [1.807, 2.05) is 37.3 Å². The average molecular weight is 1350 g/mol. The van der Waals surface area contributed by atoms with Gasteiger partial charge in [0.15, 0.2) is 0 Å². The number of aliphatic imine (C=N–C) groups is 1. The molecule has 0 heterocycles. The summed E-state index contributed by atoms with van der Waals surface area (Å²) in [7, 11) is -1.14. The molecule has 0 fully saturated rings.